The molecule has 2 rings (SSSR count). The third kappa shape index (κ3) is 3.43. The highest BCUT2D eigenvalue weighted by Crippen LogP contribution is 2.36. The molecular weight excluding hydrogens is 246 g/mol. The lowest BCUT2D eigenvalue weighted by atomic mass is 9.83. The van der Waals surface area contributed by atoms with Crippen molar-refractivity contribution in [3.05, 3.63) is 18.2 Å². The molecule has 1 unspecified atom stereocenters. The number of hydrogen-bond donors (Lipinski definition) is 1. The molecule has 20 heavy (non-hydrogen) atoms. The summed E-state index contributed by atoms with van der Waals surface area (Å²) < 4.78 is 2.43. The minimum absolute atomic E-state index is 0.436. The van der Waals surface area contributed by atoms with Gasteiger partial charge >= 0.3 is 0 Å². The normalized spacial score (nSPS) is 25.1. The van der Waals surface area contributed by atoms with Crippen molar-refractivity contribution in [2.45, 2.75) is 71.3 Å². The van der Waals surface area contributed by atoms with Gasteiger partial charge < -0.3 is 10.3 Å². The molecule has 1 aliphatic carbocycles. The molecule has 1 saturated carbocycles. The second-order valence-corrected chi connectivity index (χ2v) is 6.78. The molecule has 0 aromatic carbocycles. The molecule has 1 aromatic heterocycles. The van der Waals surface area contributed by atoms with E-state index in [1.807, 2.05) is 12.5 Å². The van der Waals surface area contributed by atoms with Crippen LogP contribution in [0, 0.1) is 11.8 Å². The fraction of sp³-hybridized carbons (Fsp3) is 0.824. The lowest BCUT2D eigenvalue weighted by molar-refractivity contribution is 0.255. The Morgan fingerprint density at radius 3 is 2.55 bits per heavy atom. The van der Waals surface area contributed by atoms with Crippen molar-refractivity contribution < 1.29 is 0 Å². The zero-order valence-corrected chi connectivity index (χ0v) is 13.4. The SMILES string of the molecule is CCCC1CCC(n2cncc2C(CN)C(C)C)CC1. The molecule has 0 amide bonds. The van der Waals surface area contributed by atoms with Gasteiger partial charge in [0.2, 0.25) is 0 Å². The topological polar surface area (TPSA) is 43.8 Å². The summed E-state index contributed by atoms with van der Waals surface area (Å²) in [5.74, 6) is 1.97. The fourth-order valence-corrected chi connectivity index (χ4v) is 3.76. The van der Waals surface area contributed by atoms with Gasteiger partial charge in [0, 0.05) is 30.4 Å². The molecule has 0 bridgehead atoms. The Kier molecular flexibility index (Phi) is 5.64. The Balaban J connectivity index is 2.05. The molecule has 1 atom stereocenters. The molecule has 1 aromatic rings. The number of nitrogens with zero attached hydrogens (tertiary/aromatic N) is 2. The van der Waals surface area contributed by atoms with E-state index in [4.69, 9.17) is 5.73 Å². The van der Waals surface area contributed by atoms with Gasteiger partial charge in [-0.1, -0.05) is 33.6 Å². The second kappa shape index (κ2) is 7.26. The van der Waals surface area contributed by atoms with Crippen molar-refractivity contribution in [2.24, 2.45) is 17.6 Å². The van der Waals surface area contributed by atoms with Gasteiger partial charge in [0.15, 0.2) is 0 Å². The first kappa shape index (κ1) is 15.6. The molecule has 0 spiro atoms. The van der Waals surface area contributed by atoms with Crippen LogP contribution < -0.4 is 5.73 Å². The Bertz CT molecular complexity index is 389. The van der Waals surface area contributed by atoms with Crippen LogP contribution in [0.15, 0.2) is 12.5 Å². The van der Waals surface area contributed by atoms with Crippen LogP contribution in [0.1, 0.15) is 76.9 Å². The lowest BCUT2D eigenvalue weighted by Gasteiger charge is -2.32. The van der Waals surface area contributed by atoms with E-state index < -0.39 is 0 Å². The standard InChI is InChI=1S/C17H31N3/c1-4-5-14-6-8-15(9-7-14)20-12-19-11-17(20)16(10-18)13(2)3/h11-16H,4-10,18H2,1-3H3. The zero-order chi connectivity index (χ0) is 14.5. The molecule has 1 aliphatic rings. The first-order chi connectivity index (χ1) is 9.67. The zero-order valence-electron chi connectivity index (χ0n) is 13.4. The molecule has 0 radical (unpaired) electrons. The van der Waals surface area contributed by atoms with Crippen molar-refractivity contribution in [2.75, 3.05) is 6.54 Å². The van der Waals surface area contributed by atoms with E-state index in [-0.39, 0.29) is 0 Å². The van der Waals surface area contributed by atoms with E-state index in [2.05, 4.69) is 30.3 Å². The largest absolute Gasteiger partial charge is 0.331 e. The van der Waals surface area contributed by atoms with Crippen molar-refractivity contribution in [3.8, 4) is 0 Å². The average molecular weight is 277 g/mol. The van der Waals surface area contributed by atoms with Crippen LogP contribution in [-0.4, -0.2) is 16.1 Å². The number of rotatable bonds is 6. The number of hydrogen-bond acceptors (Lipinski definition) is 2. The Labute approximate surface area is 124 Å². The summed E-state index contributed by atoms with van der Waals surface area (Å²) >= 11 is 0. The van der Waals surface area contributed by atoms with Crippen molar-refractivity contribution in [3.63, 3.8) is 0 Å². The van der Waals surface area contributed by atoms with Crippen LogP contribution >= 0.6 is 0 Å². The van der Waals surface area contributed by atoms with Crippen LogP contribution in [0.2, 0.25) is 0 Å². The van der Waals surface area contributed by atoms with Gasteiger partial charge in [-0.3, -0.25) is 0 Å². The Morgan fingerprint density at radius 2 is 2.00 bits per heavy atom. The number of imidazole rings is 1. The van der Waals surface area contributed by atoms with Crippen LogP contribution in [0.5, 0.6) is 0 Å². The van der Waals surface area contributed by atoms with Crippen molar-refractivity contribution in [1.82, 2.24) is 9.55 Å². The van der Waals surface area contributed by atoms with Crippen molar-refractivity contribution >= 4 is 0 Å². The second-order valence-electron chi connectivity index (χ2n) is 6.78. The predicted octanol–water partition coefficient (Wildman–Crippen LogP) is 4.11. The number of nitrogens with two attached hydrogens (primary N) is 1. The minimum Gasteiger partial charge on any atom is -0.331 e. The molecule has 1 fully saturated rings. The summed E-state index contributed by atoms with van der Waals surface area (Å²) in [4.78, 5) is 4.41. The highest BCUT2D eigenvalue weighted by Gasteiger charge is 2.26. The minimum atomic E-state index is 0.436. The monoisotopic (exact) mass is 277 g/mol. The predicted molar refractivity (Wildman–Crippen MR) is 84.8 cm³/mol. The third-order valence-corrected chi connectivity index (χ3v) is 5.04. The first-order valence-electron chi connectivity index (χ1n) is 8.39. The summed E-state index contributed by atoms with van der Waals surface area (Å²) in [5.41, 5.74) is 7.33. The molecule has 3 nitrogen and oxygen atoms in total. The van der Waals surface area contributed by atoms with E-state index in [9.17, 15) is 0 Å². The molecule has 3 heteroatoms. The van der Waals surface area contributed by atoms with Gasteiger partial charge in [0.1, 0.15) is 0 Å². The Morgan fingerprint density at radius 1 is 1.30 bits per heavy atom. The summed E-state index contributed by atoms with van der Waals surface area (Å²) in [5, 5.41) is 0. The third-order valence-electron chi connectivity index (χ3n) is 5.04. The fourth-order valence-electron chi connectivity index (χ4n) is 3.76. The summed E-state index contributed by atoms with van der Waals surface area (Å²) in [7, 11) is 0. The molecule has 2 N–H and O–H groups in total. The van der Waals surface area contributed by atoms with E-state index in [0.29, 0.717) is 24.4 Å². The quantitative estimate of drug-likeness (QED) is 0.850. The maximum absolute atomic E-state index is 5.98. The van der Waals surface area contributed by atoms with Crippen LogP contribution in [-0.2, 0) is 0 Å². The van der Waals surface area contributed by atoms with Gasteiger partial charge in [-0.2, -0.15) is 0 Å². The van der Waals surface area contributed by atoms with E-state index in [0.717, 1.165) is 5.92 Å². The van der Waals surface area contributed by atoms with Crippen LogP contribution in [0.25, 0.3) is 0 Å². The molecule has 0 aliphatic heterocycles. The highest BCUT2D eigenvalue weighted by molar-refractivity contribution is 5.10. The van der Waals surface area contributed by atoms with Crippen molar-refractivity contribution in [1.29, 1.82) is 0 Å². The molecule has 114 valence electrons. The summed E-state index contributed by atoms with van der Waals surface area (Å²) in [6, 6.07) is 0.647. The summed E-state index contributed by atoms with van der Waals surface area (Å²) in [6.45, 7) is 7.53. The lowest BCUT2D eigenvalue weighted by Crippen LogP contribution is -2.24. The van der Waals surface area contributed by atoms with E-state index >= 15 is 0 Å². The maximum atomic E-state index is 5.98. The van der Waals surface area contributed by atoms with E-state index in [1.165, 1.54) is 44.2 Å². The van der Waals surface area contributed by atoms with Crippen LogP contribution in [0.4, 0.5) is 0 Å². The molecule has 1 heterocycles. The van der Waals surface area contributed by atoms with Gasteiger partial charge in [0.05, 0.1) is 6.33 Å². The Hall–Kier alpha value is -0.830. The average Bonchev–Trinajstić information content (AvgIpc) is 2.89. The van der Waals surface area contributed by atoms with Crippen LogP contribution in [0.3, 0.4) is 0 Å². The first-order valence-corrected chi connectivity index (χ1v) is 8.39. The maximum Gasteiger partial charge on any atom is 0.0950 e. The van der Waals surface area contributed by atoms with Gasteiger partial charge in [0.25, 0.3) is 0 Å². The van der Waals surface area contributed by atoms with Gasteiger partial charge in [-0.05, 0) is 37.5 Å². The highest BCUT2D eigenvalue weighted by atomic mass is 15.1. The molecule has 0 saturated heterocycles. The number of aromatic nitrogens is 2. The summed E-state index contributed by atoms with van der Waals surface area (Å²) in [6.07, 6.45) is 12.2. The smallest absolute Gasteiger partial charge is 0.0950 e. The van der Waals surface area contributed by atoms with Gasteiger partial charge in [-0.15, -0.1) is 0 Å². The van der Waals surface area contributed by atoms with E-state index in [1.54, 1.807) is 0 Å². The molecular formula is C17H31N3. The van der Waals surface area contributed by atoms with Gasteiger partial charge in [-0.25, -0.2) is 4.98 Å².